The third-order valence-electron chi connectivity index (χ3n) is 2.65. The van der Waals surface area contributed by atoms with Crippen molar-refractivity contribution < 1.29 is 9.53 Å². The fraction of sp³-hybridized carbons (Fsp3) is 0.357. The first-order chi connectivity index (χ1) is 8.25. The molecule has 0 radical (unpaired) electrons. The lowest BCUT2D eigenvalue weighted by Crippen LogP contribution is -2.10. The second-order valence-electron chi connectivity index (χ2n) is 4.15. The van der Waals surface area contributed by atoms with Crippen molar-refractivity contribution >= 4 is 17.5 Å². The number of allylic oxidation sites excluding steroid dienone is 1. The summed E-state index contributed by atoms with van der Waals surface area (Å²) in [6.45, 7) is 2.80. The highest BCUT2D eigenvalue weighted by molar-refractivity contribution is 8.00. The van der Waals surface area contributed by atoms with Gasteiger partial charge in [0, 0.05) is 10.5 Å². The Morgan fingerprint density at radius 3 is 3.06 bits per heavy atom. The van der Waals surface area contributed by atoms with Gasteiger partial charge in [0.2, 0.25) is 0 Å². The molecule has 0 N–H and O–H groups in total. The molecule has 90 valence electrons. The fourth-order valence-corrected chi connectivity index (χ4v) is 2.64. The van der Waals surface area contributed by atoms with Gasteiger partial charge in [-0.05, 0) is 31.9 Å². The first-order valence-corrected chi connectivity index (χ1v) is 6.77. The SMILES string of the molecule is Cc1cccc(SCC(=O)C2=COCCC2)c1. The summed E-state index contributed by atoms with van der Waals surface area (Å²) < 4.78 is 5.18. The molecule has 17 heavy (non-hydrogen) atoms. The van der Waals surface area contributed by atoms with E-state index in [9.17, 15) is 4.79 Å². The van der Waals surface area contributed by atoms with E-state index in [0.29, 0.717) is 5.75 Å². The van der Waals surface area contributed by atoms with E-state index in [2.05, 4.69) is 19.1 Å². The number of thioether (sulfide) groups is 1. The van der Waals surface area contributed by atoms with Gasteiger partial charge in [-0.25, -0.2) is 0 Å². The molecule has 1 aliphatic heterocycles. The van der Waals surface area contributed by atoms with E-state index >= 15 is 0 Å². The molecule has 0 saturated heterocycles. The second-order valence-corrected chi connectivity index (χ2v) is 5.19. The van der Waals surface area contributed by atoms with Crippen LogP contribution in [-0.4, -0.2) is 18.1 Å². The zero-order valence-electron chi connectivity index (χ0n) is 9.94. The maximum absolute atomic E-state index is 11.9. The van der Waals surface area contributed by atoms with Crippen LogP contribution in [0, 0.1) is 6.92 Å². The highest BCUT2D eigenvalue weighted by Gasteiger charge is 2.13. The van der Waals surface area contributed by atoms with Gasteiger partial charge in [-0.15, -0.1) is 11.8 Å². The number of ketones is 1. The Morgan fingerprint density at radius 2 is 2.35 bits per heavy atom. The van der Waals surface area contributed by atoms with E-state index in [1.54, 1.807) is 18.0 Å². The summed E-state index contributed by atoms with van der Waals surface area (Å²) >= 11 is 1.59. The molecule has 1 aromatic rings. The average Bonchev–Trinajstić information content (AvgIpc) is 2.37. The standard InChI is InChI=1S/C14H16O2S/c1-11-4-2-6-13(8-11)17-10-14(15)12-5-3-7-16-9-12/h2,4,6,8-9H,3,5,7,10H2,1H3. The Kier molecular flexibility index (Phi) is 4.26. The van der Waals surface area contributed by atoms with E-state index in [4.69, 9.17) is 4.74 Å². The summed E-state index contributed by atoms with van der Waals surface area (Å²) in [6, 6.07) is 8.22. The van der Waals surface area contributed by atoms with Crippen molar-refractivity contribution in [2.45, 2.75) is 24.7 Å². The molecule has 2 rings (SSSR count). The summed E-state index contributed by atoms with van der Waals surface area (Å²) in [4.78, 5) is 13.0. The summed E-state index contributed by atoms with van der Waals surface area (Å²) in [5, 5.41) is 0. The van der Waals surface area contributed by atoms with Crippen molar-refractivity contribution in [2.75, 3.05) is 12.4 Å². The number of carbonyl (C=O) groups excluding carboxylic acids is 1. The monoisotopic (exact) mass is 248 g/mol. The van der Waals surface area contributed by atoms with Crippen molar-refractivity contribution in [3.8, 4) is 0 Å². The van der Waals surface area contributed by atoms with Gasteiger partial charge in [-0.1, -0.05) is 17.7 Å². The van der Waals surface area contributed by atoms with E-state index in [1.807, 2.05) is 12.1 Å². The quantitative estimate of drug-likeness (QED) is 0.764. The predicted molar refractivity (Wildman–Crippen MR) is 70.2 cm³/mol. The van der Waals surface area contributed by atoms with Gasteiger partial charge < -0.3 is 4.74 Å². The Balaban J connectivity index is 1.89. The molecule has 0 fully saturated rings. The van der Waals surface area contributed by atoms with Crippen molar-refractivity contribution in [3.63, 3.8) is 0 Å². The van der Waals surface area contributed by atoms with E-state index in [0.717, 1.165) is 29.9 Å². The molecule has 1 aromatic carbocycles. The Bertz CT molecular complexity index is 438. The summed E-state index contributed by atoms with van der Waals surface area (Å²) in [7, 11) is 0. The molecular weight excluding hydrogens is 232 g/mol. The van der Waals surface area contributed by atoms with Gasteiger partial charge in [0.15, 0.2) is 5.78 Å². The van der Waals surface area contributed by atoms with Crippen LogP contribution in [0.3, 0.4) is 0 Å². The lowest BCUT2D eigenvalue weighted by atomic mass is 10.1. The molecule has 1 heterocycles. The maximum atomic E-state index is 11.9. The summed E-state index contributed by atoms with van der Waals surface area (Å²) in [5.41, 5.74) is 2.05. The van der Waals surface area contributed by atoms with Gasteiger partial charge in [0.05, 0.1) is 18.6 Å². The molecule has 0 spiro atoms. The van der Waals surface area contributed by atoms with E-state index < -0.39 is 0 Å². The minimum absolute atomic E-state index is 0.191. The number of Topliss-reactive ketones (excluding diaryl/α,β-unsaturated/α-hetero) is 1. The first kappa shape index (κ1) is 12.2. The van der Waals surface area contributed by atoms with Gasteiger partial charge in [-0.3, -0.25) is 4.79 Å². The van der Waals surface area contributed by atoms with Crippen LogP contribution in [0.2, 0.25) is 0 Å². The largest absolute Gasteiger partial charge is 0.501 e. The molecule has 0 bridgehead atoms. The number of hydrogen-bond acceptors (Lipinski definition) is 3. The van der Waals surface area contributed by atoms with Gasteiger partial charge in [0.25, 0.3) is 0 Å². The average molecular weight is 248 g/mol. The van der Waals surface area contributed by atoms with Crippen molar-refractivity contribution in [1.82, 2.24) is 0 Å². The van der Waals surface area contributed by atoms with Crippen LogP contribution in [0.25, 0.3) is 0 Å². The highest BCUT2D eigenvalue weighted by atomic mass is 32.2. The van der Waals surface area contributed by atoms with E-state index in [-0.39, 0.29) is 5.78 Å². The molecule has 3 heteroatoms. The zero-order chi connectivity index (χ0) is 12.1. The number of rotatable bonds is 4. The lowest BCUT2D eigenvalue weighted by molar-refractivity contribution is -0.113. The van der Waals surface area contributed by atoms with Crippen molar-refractivity contribution in [2.24, 2.45) is 0 Å². The van der Waals surface area contributed by atoms with Gasteiger partial charge >= 0.3 is 0 Å². The molecule has 0 atom stereocenters. The first-order valence-electron chi connectivity index (χ1n) is 5.79. The molecule has 0 unspecified atom stereocenters. The van der Waals surface area contributed by atoms with Crippen LogP contribution < -0.4 is 0 Å². The topological polar surface area (TPSA) is 26.3 Å². The molecule has 0 aliphatic carbocycles. The van der Waals surface area contributed by atoms with Crippen LogP contribution >= 0.6 is 11.8 Å². The van der Waals surface area contributed by atoms with Gasteiger partial charge in [0.1, 0.15) is 0 Å². The zero-order valence-corrected chi connectivity index (χ0v) is 10.8. The highest BCUT2D eigenvalue weighted by Crippen LogP contribution is 2.22. The second kappa shape index (κ2) is 5.92. The third-order valence-corrected chi connectivity index (χ3v) is 3.65. The fourth-order valence-electron chi connectivity index (χ4n) is 1.72. The number of carbonyl (C=O) groups is 1. The van der Waals surface area contributed by atoms with Crippen LogP contribution in [0.15, 0.2) is 41.0 Å². The predicted octanol–water partition coefficient (Wildman–Crippen LogP) is 3.35. The lowest BCUT2D eigenvalue weighted by Gasteiger charge is -2.12. The molecule has 0 amide bonds. The molecule has 0 aromatic heterocycles. The summed E-state index contributed by atoms with van der Waals surface area (Å²) in [5.74, 6) is 0.690. The maximum Gasteiger partial charge on any atom is 0.172 e. The number of ether oxygens (including phenoxy) is 1. The third kappa shape index (κ3) is 3.63. The number of aryl methyl sites for hydroxylation is 1. The Labute approximate surface area is 106 Å². The minimum atomic E-state index is 0.191. The van der Waals surface area contributed by atoms with Gasteiger partial charge in [-0.2, -0.15) is 0 Å². The Morgan fingerprint density at radius 1 is 1.47 bits per heavy atom. The van der Waals surface area contributed by atoms with Crippen LogP contribution in [0.1, 0.15) is 18.4 Å². The van der Waals surface area contributed by atoms with Crippen molar-refractivity contribution in [1.29, 1.82) is 0 Å². The minimum Gasteiger partial charge on any atom is -0.501 e. The van der Waals surface area contributed by atoms with Crippen molar-refractivity contribution in [3.05, 3.63) is 41.7 Å². The molecular formula is C14H16O2S. The van der Waals surface area contributed by atoms with Crippen LogP contribution in [-0.2, 0) is 9.53 Å². The molecule has 2 nitrogen and oxygen atoms in total. The molecule has 1 aliphatic rings. The number of benzene rings is 1. The van der Waals surface area contributed by atoms with E-state index in [1.165, 1.54) is 5.56 Å². The van der Waals surface area contributed by atoms with Crippen LogP contribution in [0.4, 0.5) is 0 Å². The Hall–Kier alpha value is -1.22. The summed E-state index contributed by atoms with van der Waals surface area (Å²) in [6.07, 6.45) is 3.43. The smallest absolute Gasteiger partial charge is 0.172 e. The van der Waals surface area contributed by atoms with Crippen LogP contribution in [0.5, 0.6) is 0 Å². The molecule has 0 saturated carbocycles. The normalized spacial score (nSPS) is 15.0. The number of hydrogen-bond donors (Lipinski definition) is 0.